The number of ether oxygens (including phenoxy) is 3. The molecule has 0 spiro atoms. The van der Waals surface area contributed by atoms with Crippen LogP contribution in [0.4, 0.5) is 0 Å². The molecule has 2 heterocycles. The highest BCUT2D eigenvalue weighted by Gasteiger charge is 2.49. The fourth-order valence-electron chi connectivity index (χ4n) is 2.52. The summed E-state index contributed by atoms with van der Waals surface area (Å²) in [6.45, 7) is 0.821. The first-order valence-electron chi connectivity index (χ1n) is 6.93. The summed E-state index contributed by atoms with van der Waals surface area (Å²) in [7, 11) is 0. The molecule has 10 heteroatoms. The Hall–Kier alpha value is -0.400. The van der Waals surface area contributed by atoms with Crippen molar-refractivity contribution in [1.29, 1.82) is 0 Å². The van der Waals surface area contributed by atoms with Crippen LogP contribution in [0.25, 0.3) is 0 Å². The molecule has 10 atom stereocenters. The zero-order chi connectivity index (χ0) is 16.6. The maximum atomic E-state index is 9.93. The minimum Gasteiger partial charge on any atom is -0.394 e. The van der Waals surface area contributed by atoms with Crippen LogP contribution in [0, 0.1) is 0 Å². The zero-order valence-corrected chi connectivity index (χ0v) is 11.8. The Morgan fingerprint density at radius 3 is 2.05 bits per heavy atom. The normalized spacial score (nSPS) is 53.5. The van der Waals surface area contributed by atoms with Crippen LogP contribution in [0.1, 0.15) is 6.92 Å². The minimum atomic E-state index is -1.70. The van der Waals surface area contributed by atoms with Gasteiger partial charge in [0.15, 0.2) is 12.6 Å². The first kappa shape index (κ1) is 17.9. The van der Waals surface area contributed by atoms with Crippen LogP contribution in [-0.4, -0.2) is 104 Å². The lowest BCUT2D eigenvalue weighted by atomic mass is 9.97. The molecular formula is C12H22O10. The third kappa shape index (κ3) is 3.26. The van der Waals surface area contributed by atoms with E-state index in [2.05, 4.69) is 0 Å². The number of hydrogen-bond donors (Lipinski definition) is 7. The second-order valence-electron chi connectivity index (χ2n) is 5.51. The maximum Gasteiger partial charge on any atom is 0.187 e. The van der Waals surface area contributed by atoms with Gasteiger partial charge in [-0.05, 0) is 6.92 Å². The molecule has 2 aliphatic rings. The summed E-state index contributed by atoms with van der Waals surface area (Å²) in [5, 5.41) is 67.3. The van der Waals surface area contributed by atoms with Gasteiger partial charge in [0.05, 0.1) is 12.7 Å². The largest absolute Gasteiger partial charge is 0.394 e. The SMILES string of the molecule is CC1O[C@@H](O[C@@H]2C(CO)OC(O)C(O)[C@@H]2O)C(O)[C@H](O)[C@@H]1O. The number of aliphatic hydroxyl groups is 7. The molecule has 0 saturated carbocycles. The summed E-state index contributed by atoms with van der Waals surface area (Å²) in [4.78, 5) is 0. The lowest BCUT2D eigenvalue weighted by Gasteiger charge is -2.44. The van der Waals surface area contributed by atoms with Crippen molar-refractivity contribution in [3.8, 4) is 0 Å². The van der Waals surface area contributed by atoms with Crippen molar-refractivity contribution in [3.63, 3.8) is 0 Å². The van der Waals surface area contributed by atoms with Crippen LogP contribution < -0.4 is 0 Å². The molecule has 2 saturated heterocycles. The van der Waals surface area contributed by atoms with E-state index >= 15 is 0 Å². The average molecular weight is 326 g/mol. The second-order valence-corrected chi connectivity index (χ2v) is 5.51. The van der Waals surface area contributed by atoms with E-state index in [9.17, 15) is 35.7 Å². The lowest BCUT2D eigenvalue weighted by molar-refractivity contribution is -0.352. The smallest absolute Gasteiger partial charge is 0.187 e. The predicted octanol–water partition coefficient (Wildman–Crippen LogP) is -4.37. The van der Waals surface area contributed by atoms with Gasteiger partial charge in [-0.1, -0.05) is 0 Å². The van der Waals surface area contributed by atoms with Crippen molar-refractivity contribution in [2.45, 2.75) is 68.3 Å². The van der Waals surface area contributed by atoms with Crippen LogP contribution in [-0.2, 0) is 14.2 Å². The summed E-state index contributed by atoms with van der Waals surface area (Å²) in [6, 6.07) is 0. The Kier molecular flexibility index (Phi) is 5.72. The van der Waals surface area contributed by atoms with Gasteiger partial charge in [0.2, 0.25) is 0 Å². The first-order chi connectivity index (χ1) is 10.3. The molecule has 7 N–H and O–H groups in total. The molecule has 0 aromatic carbocycles. The topological polar surface area (TPSA) is 169 Å². The molecule has 0 aromatic rings. The van der Waals surface area contributed by atoms with E-state index in [1.54, 1.807) is 0 Å². The third-order valence-electron chi connectivity index (χ3n) is 3.94. The lowest BCUT2D eigenvalue weighted by Crippen LogP contribution is -2.63. The van der Waals surface area contributed by atoms with Gasteiger partial charge in [0.1, 0.15) is 42.7 Å². The fourth-order valence-corrected chi connectivity index (χ4v) is 2.52. The van der Waals surface area contributed by atoms with Gasteiger partial charge in [-0.25, -0.2) is 0 Å². The van der Waals surface area contributed by atoms with Crippen LogP contribution in [0.3, 0.4) is 0 Å². The first-order valence-corrected chi connectivity index (χ1v) is 6.93. The van der Waals surface area contributed by atoms with Crippen molar-refractivity contribution in [2.75, 3.05) is 6.61 Å². The standard InChI is InChI=1S/C12H22O10/c1-3-5(14)6(15)9(18)12(20-3)22-10-4(2-13)21-11(19)8(17)7(10)16/h3-19H,2H2,1H3/t3?,4?,5-,6-,7+,8?,9?,10-,11?,12+/m1/s1. The molecule has 130 valence electrons. The van der Waals surface area contributed by atoms with Crippen LogP contribution in [0.15, 0.2) is 0 Å². The molecule has 2 aliphatic heterocycles. The Balaban J connectivity index is 2.10. The van der Waals surface area contributed by atoms with E-state index in [1.807, 2.05) is 0 Å². The van der Waals surface area contributed by atoms with Crippen LogP contribution >= 0.6 is 0 Å². The van der Waals surface area contributed by atoms with Crippen molar-refractivity contribution in [1.82, 2.24) is 0 Å². The van der Waals surface area contributed by atoms with Gasteiger partial charge in [-0.3, -0.25) is 0 Å². The van der Waals surface area contributed by atoms with Gasteiger partial charge in [-0.15, -0.1) is 0 Å². The Morgan fingerprint density at radius 1 is 0.818 bits per heavy atom. The maximum absolute atomic E-state index is 9.93. The molecule has 0 bridgehead atoms. The summed E-state index contributed by atoms with van der Waals surface area (Å²) in [5.74, 6) is 0. The Labute approximate surface area is 126 Å². The molecule has 2 rings (SSSR count). The fraction of sp³-hybridized carbons (Fsp3) is 1.00. The highest BCUT2D eigenvalue weighted by Crippen LogP contribution is 2.28. The molecule has 10 nitrogen and oxygen atoms in total. The summed E-state index contributed by atoms with van der Waals surface area (Å²) in [5.41, 5.74) is 0. The van der Waals surface area contributed by atoms with Gasteiger partial charge in [-0.2, -0.15) is 0 Å². The number of hydrogen-bond acceptors (Lipinski definition) is 10. The summed E-state index contributed by atoms with van der Waals surface area (Å²) >= 11 is 0. The Morgan fingerprint density at radius 2 is 1.45 bits per heavy atom. The number of aliphatic hydroxyl groups excluding tert-OH is 7. The monoisotopic (exact) mass is 326 g/mol. The van der Waals surface area contributed by atoms with E-state index in [-0.39, 0.29) is 0 Å². The average Bonchev–Trinajstić information content (AvgIpc) is 2.50. The minimum absolute atomic E-state index is 0.630. The third-order valence-corrected chi connectivity index (χ3v) is 3.94. The molecule has 22 heavy (non-hydrogen) atoms. The highest BCUT2D eigenvalue weighted by molar-refractivity contribution is 4.93. The molecule has 0 amide bonds. The highest BCUT2D eigenvalue weighted by atomic mass is 16.7. The molecule has 0 radical (unpaired) electrons. The van der Waals surface area contributed by atoms with E-state index in [0.29, 0.717) is 0 Å². The van der Waals surface area contributed by atoms with E-state index in [0.717, 1.165) is 0 Å². The van der Waals surface area contributed by atoms with Gasteiger partial charge >= 0.3 is 0 Å². The van der Waals surface area contributed by atoms with Crippen molar-refractivity contribution >= 4 is 0 Å². The second kappa shape index (κ2) is 7.01. The molecule has 0 aromatic heterocycles. The van der Waals surface area contributed by atoms with Gasteiger partial charge < -0.3 is 50.0 Å². The van der Waals surface area contributed by atoms with Gasteiger partial charge in [0.25, 0.3) is 0 Å². The summed E-state index contributed by atoms with van der Waals surface area (Å²) < 4.78 is 15.4. The van der Waals surface area contributed by atoms with Crippen LogP contribution in [0.5, 0.6) is 0 Å². The van der Waals surface area contributed by atoms with Crippen molar-refractivity contribution < 1.29 is 50.0 Å². The molecular weight excluding hydrogens is 304 g/mol. The van der Waals surface area contributed by atoms with Crippen LogP contribution in [0.2, 0.25) is 0 Å². The quantitative estimate of drug-likeness (QED) is 0.269. The van der Waals surface area contributed by atoms with E-state index in [1.165, 1.54) is 6.92 Å². The zero-order valence-electron chi connectivity index (χ0n) is 11.8. The predicted molar refractivity (Wildman–Crippen MR) is 67.2 cm³/mol. The van der Waals surface area contributed by atoms with E-state index in [4.69, 9.17) is 14.2 Å². The Bertz CT molecular complexity index is 366. The molecule has 5 unspecified atom stereocenters. The molecule has 0 aliphatic carbocycles. The van der Waals surface area contributed by atoms with Crippen molar-refractivity contribution in [2.24, 2.45) is 0 Å². The molecule has 2 fully saturated rings. The van der Waals surface area contributed by atoms with E-state index < -0.39 is 68.0 Å². The van der Waals surface area contributed by atoms with Crippen molar-refractivity contribution in [3.05, 3.63) is 0 Å². The number of rotatable bonds is 3. The summed E-state index contributed by atoms with van der Waals surface area (Å²) in [6.07, 6.45) is -14.2. The van der Waals surface area contributed by atoms with Gasteiger partial charge in [0, 0.05) is 0 Å².